The van der Waals surface area contributed by atoms with Crippen LogP contribution < -0.4 is 5.32 Å². The second-order valence-electron chi connectivity index (χ2n) is 5.86. The largest absolute Gasteiger partial charge is 0.317 e. The predicted octanol–water partition coefficient (Wildman–Crippen LogP) is 3.53. The van der Waals surface area contributed by atoms with E-state index in [2.05, 4.69) is 54.4 Å². The van der Waals surface area contributed by atoms with Crippen LogP contribution in [-0.4, -0.2) is 37.6 Å². The molecule has 1 saturated heterocycles. The fourth-order valence-electron chi connectivity index (χ4n) is 3.00. The monoisotopic (exact) mass is 296 g/mol. The van der Waals surface area contributed by atoms with Crippen LogP contribution in [0.2, 0.25) is 0 Å². The molecule has 0 aromatic heterocycles. The van der Waals surface area contributed by atoms with Crippen LogP contribution in [0.25, 0.3) is 0 Å². The molecular formula is C17H29ClN2. The highest BCUT2D eigenvalue weighted by atomic mass is 35.5. The van der Waals surface area contributed by atoms with Crippen LogP contribution in [0.1, 0.15) is 38.2 Å². The van der Waals surface area contributed by atoms with Crippen LogP contribution in [0, 0.1) is 5.92 Å². The number of likely N-dealkylation sites (tertiary alicyclic amines) is 1. The van der Waals surface area contributed by atoms with E-state index in [9.17, 15) is 0 Å². The van der Waals surface area contributed by atoms with Gasteiger partial charge in [0.25, 0.3) is 0 Å². The number of rotatable bonds is 6. The first-order valence-electron chi connectivity index (χ1n) is 7.77. The molecule has 0 spiro atoms. The molecule has 0 saturated carbocycles. The van der Waals surface area contributed by atoms with E-state index in [4.69, 9.17) is 0 Å². The van der Waals surface area contributed by atoms with E-state index in [0.29, 0.717) is 5.92 Å². The average Bonchev–Trinajstić information content (AvgIpc) is 2.47. The standard InChI is InChI=1S/C17H28N2.ClH/c1-3-18-13-16-9-11-19(12-10-16)14-15(2)17-7-5-4-6-8-17;/h4-8,15-16,18H,3,9-14H2,1-2H3;1H. The number of piperidine rings is 1. The molecule has 2 nitrogen and oxygen atoms in total. The Morgan fingerprint density at radius 1 is 1.20 bits per heavy atom. The van der Waals surface area contributed by atoms with Gasteiger partial charge in [0.05, 0.1) is 0 Å². The van der Waals surface area contributed by atoms with Crippen molar-refractivity contribution in [1.29, 1.82) is 0 Å². The van der Waals surface area contributed by atoms with E-state index < -0.39 is 0 Å². The summed E-state index contributed by atoms with van der Waals surface area (Å²) in [6.45, 7) is 10.6. The average molecular weight is 297 g/mol. The molecule has 1 aliphatic heterocycles. The summed E-state index contributed by atoms with van der Waals surface area (Å²) in [5, 5.41) is 3.48. The minimum Gasteiger partial charge on any atom is -0.317 e. The van der Waals surface area contributed by atoms with Crippen molar-refractivity contribution < 1.29 is 0 Å². The summed E-state index contributed by atoms with van der Waals surface area (Å²) in [6.07, 6.45) is 2.71. The molecule has 1 atom stereocenters. The van der Waals surface area contributed by atoms with Gasteiger partial charge in [0, 0.05) is 6.54 Å². The molecular weight excluding hydrogens is 268 g/mol. The van der Waals surface area contributed by atoms with Crippen molar-refractivity contribution in [3.8, 4) is 0 Å². The summed E-state index contributed by atoms with van der Waals surface area (Å²) < 4.78 is 0. The Hall–Kier alpha value is -0.570. The Bertz CT molecular complexity index is 347. The van der Waals surface area contributed by atoms with Crippen molar-refractivity contribution >= 4 is 12.4 Å². The molecule has 114 valence electrons. The van der Waals surface area contributed by atoms with Crippen molar-refractivity contribution in [1.82, 2.24) is 10.2 Å². The van der Waals surface area contributed by atoms with Crippen LogP contribution in [0.3, 0.4) is 0 Å². The maximum absolute atomic E-state index is 3.48. The Labute approximate surface area is 130 Å². The van der Waals surface area contributed by atoms with Gasteiger partial charge < -0.3 is 10.2 Å². The molecule has 0 amide bonds. The number of benzene rings is 1. The number of nitrogens with zero attached hydrogens (tertiary/aromatic N) is 1. The van der Waals surface area contributed by atoms with Crippen LogP contribution in [0.5, 0.6) is 0 Å². The number of halogens is 1. The lowest BCUT2D eigenvalue weighted by Crippen LogP contribution is -2.38. The van der Waals surface area contributed by atoms with Gasteiger partial charge in [-0.2, -0.15) is 0 Å². The zero-order chi connectivity index (χ0) is 13.5. The third-order valence-corrected chi connectivity index (χ3v) is 4.29. The predicted molar refractivity (Wildman–Crippen MR) is 89.8 cm³/mol. The highest BCUT2D eigenvalue weighted by Gasteiger charge is 2.20. The normalized spacial score (nSPS) is 18.5. The molecule has 1 aliphatic rings. The summed E-state index contributed by atoms with van der Waals surface area (Å²) in [4.78, 5) is 2.64. The van der Waals surface area contributed by atoms with Crippen molar-refractivity contribution in [3.05, 3.63) is 35.9 Å². The molecule has 1 unspecified atom stereocenters. The van der Waals surface area contributed by atoms with Crippen LogP contribution in [0.4, 0.5) is 0 Å². The summed E-state index contributed by atoms with van der Waals surface area (Å²) in [6, 6.07) is 10.9. The fraction of sp³-hybridized carbons (Fsp3) is 0.647. The lowest BCUT2D eigenvalue weighted by molar-refractivity contribution is 0.176. The summed E-state index contributed by atoms with van der Waals surface area (Å²) >= 11 is 0. The molecule has 1 aromatic rings. The first-order chi connectivity index (χ1) is 9.29. The van der Waals surface area contributed by atoms with E-state index in [1.807, 2.05) is 0 Å². The smallest absolute Gasteiger partial charge is 0.00476 e. The molecule has 1 fully saturated rings. The molecule has 0 radical (unpaired) electrons. The van der Waals surface area contributed by atoms with E-state index in [1.54, 1.807) is 0 Å². The van der Waals surface area contributed by atoms with E-state index >= 15 is 0 Å². The molecule has 20 heavy (non-hydrogen) atoms. The third kappa shape index (κ3) is 5.43. The summed E-state index contributed by atoms with van der Waals surface area (Å²) in [5.41, 5.74) is 1.47. The summed E-state index contributed by atoms with van der Waals surface area (Å²) in [5.74, 6) is 1.54. The highest BCUT2D eigenvalue weighted by Crippen LogP contribution is 2.21. The fourth-order valence-corrected chi connectivity index (χ4v) is 3.00. The number of hydrogen-bond donors (Lipinski definition) is 1. The van der Waals surface area contributed by atoms with Crippen LogP contribution in [0.15, 0.2) is 30.3 Å². The van der Waals surface area contributed by atoms with Gasteiger partial charge in [-0.05, 0) is 56.4 Å². The van der Waals surface area contributed by atoms with Gasteiger partial charge >= 0.3 is 0 Å². The van der Waals surface area contributed by atoms with Crippen molar-refractivity contribution in [2.45, 2.75) is 32.6 Å². The second-order valence-corrected chi connectivity index (χ2v) is 5.86. The van der Waals surface area contributed by atoms with E-state index in [0.717, 1.165) is 12.5 Å². The second kappa shape index (κ2) is 9.38. The maximum atomic E-state index is 3.48. The van der Waals surface area contributed by atoms with Gasteiger partial charge in [-0.15, -0.1) is 12.4 Å². The molecule has 3 heteroatoms. The van der Waals surface area contributed by atoms with Gasteiger partial charge in [-0.3, -0.25) is 0 Å². The lowest BCUT2D eigenvalue weighted by atomic mass is 9.94. The third-order valence-electron chi connectivity index (χ3n) is 4.29. The van der Waals surface area contributed by atoms with Gasteiger partial charge in [0.1, 0.15) is 0 Å². The Kier molecular flexibility index (Phi) is 8.20. The molecule has 1 heterocycles. The van der Waals surface area contributed by atoms with Crippen LogP contribution >= 0.6 is 12.4 Å². The van der Waals surface area contributed by atoms with Crippen molar-refractivity contribution in [3.63, 3.8) is 0 Å². The Balaban J connectivity index is 0.00000200. The summed E-state index contributed by atoms with van der Waals surface area (Å²) in [7, 11) is 0. The topological polar surface area (TPSA) is 15.3 Å². The number of nitrogens with one attached hydrogen (secondary N) is 1. The Morgan fingerprint density at radius 3 is 2.45 bits per heavy atom. The maximum Gasteiger partial charge on any atom is 0.00476 e. The molecule has 2 rings (SSSR count). The lowest BCUT2D eigenvalue weighted by Gasteiger charge is -2.33. The minimum absolute atomic E-state index is 0. The van der Waals surface area contributed by atoms with Gasteiger partial charge in [-0.1, -0.05) is 44.2 Å². The molecule has 0 bridgehead atoms. The highest BCUT2D eigenvalue weighted by molar-refractivity contribution is 5.85. The Morgan fingerprint density at radius 2 is 1.85 bits per heavy atom. The van der Waals surface area contributed by atoms with Gasteiger partial charge in [0.2, 0.25) is 0 Å². The molecule has 1 aromatic carbocycles. The van der Waals surface area contributed by atoms with Crippen molar-refractivity contribution in [2.75, 3.05) is 32.7 Å². The SMILES string of the molecule is CCNCC1CCN(CC(C)c2ccccc2)CC1.Cl. The number of hydrogen-bond acceptors (Lipinski definition) is 2. The van der Waals surface area contributed by atoms with Gasteiger partial charge in [0.15, 0.2) is 0 Å². The quantitative estimate of drug-likeness (QED) is 0.864. The van der Waals surface area contributed by atoms with Gasteiger partial charge in [-0.25, -0.2) is 0 Å². The first kappa shape index (κ1) is 17.5. The van der Waals surface area contributed by atoms with E-state index in [-0.39, 0.29) is 12.4 Å². The zero-order valence-corrected chi connectivity index (χ0v) is 13.7. The molecule has 0 aliphatic carbocycles. The van der Waals surface area contributed by atoms with Crippen LogP contribution in [-0.2, 0) is 0 Å². The van der Waals surface area contributed by atoms with Crippen molar-refractivity contribution in [2.24, 2.45) is 5.92 Å². The minimum atomic E-state index is 0. The zero-order valence-electron chi connectivity index (χ0n) is 12.8. The van der Waals surface area contributed by atoms with E-state index in [1.165, 1.54) is 44.6 Å². The molecule has 1 N–H and O–H groups in total. The first-order valence-corrected chi connectivity index (χ1v) is 7.77.